The molecule has 16 nitrogen and oxygen atoms in total. The van der Waals surface area contributed by atoms with Crippen LogP contribution in [0.2, 0.25) is 0 Å². The number of nitrogens with zero attached hydrogens (tertiary/aromatic N) is 1. The number of aliphatic hydroxyl groups is 2. The minimum Gasteiger partial charge on any atom is -0.508 e. The number of hydrogen-bond donors (Lipinski definition) is 9. The number of phenols is 1. The van der Waals surface area contributed by atoms with E-state index < -0.39 is 85.5 Å². The zero-order chi connectivity index (χ0) is 30.7. The second kappa shape index (κ2) is 15.5. The second-order valence-corrected chi connectivity index (χ2v) is 9.44. The summed E-state index contributed by atoms with van der Waals surface area (Å²) in [6.07, 6.45) is 0.606. The zero-order valence-corrected chi connectivity index (χ0v) is 22.4. The Kier molecular flexibility index (Phi) is 12.4. The lowest BCUT2D eigenvalue weighted by molar-refractivity contribution is -0.143. The van der Waals surface area contributed by atoms with E-state index >= 15 is 0 Å². The van der Waals surface area contributed by atoms with Crippen LogP contribution < -0.4 is 27.0 Å². The van der Waals surface area contributed by atoms with Crippen LogP contribution in [0.5, 0.6) is 5.75 Å². The van der Waals surface area contributed by atoms with E-state index in [1.807, 2.05) is 0 Å². The lowest BCUT2D eigenvalue weighted by Gasteiger charge is -2.29. The number of nitrogens with one attached hydrogen (secondary N) is 4. The fourth-order valence-electron chi connectivity index (χ4n) is 4.15. The van der Waals surface area contributed by atoms with Crippen LogP contribution >= 0.6 is 0 Å². The maximum absolute atomic E-state index is 13.0. The highest BCUT2D eigenvalue weighted by molar-refractivity contribution is 5.96. The summed E-state index contributed by atoms with van der Waals surface area (Å²) in [7, 11) is 0. The van der Waals surface area contributed by atoms with Gasteiger partial charge in [-0.25, -0.2) is 4.79 Å². The predicted octanol–water partition coefficient (Wildman–Crippen LogP) is -4.09. The van der Waals surface area contributed by atoms with E-state index in [9.17, 15) is 44.1 Å². The first kappa shape index (κ1) is 32.9. The summed E-state index contributed by atoms with van der Waals surface area (Å²) in [5.74, 6) is -5.26. The van der Waals surface area contributed by atoms with Crippen molar-refractivity contribution in [2.24, 2.45) is 5.73 Å². The Morgan fingerprint density at radius 3 is 2.10 bits per heavy atom. The van der Waals surface area contributed by atoms with Gasteiger partial charge in [-0.05, 0) is 37.5 Å². The van der Waals surface area contributed by atoms with E-state index in [-0.39, 0.29) is 25.1 Å². The molecule has 5 atom stereocenters. The van der Waals surface area contributed by atoms with Crippen molar-refractivity contribution in [3.05, 3.63) is 29.8 Å². The number of carbonyl (C=O) groups excluding carboxylic acids is 5. The maximum Gasteiger partial charge on any atom is 0.328 e. The topological polar surface area (TPSA) is 261 Å². The van der Waals surface area contributed by atoms with Gasteiger partial charge in [0.25, 0.3) is 0 Å². The summed E-state index contributed by atoms with van der Waals surface area (Å²) in [6, 6.07) is -0.715. The number of aromatic hydroxyl groups is 1. The van der Waals surface area contributed by atoms with Gasteiger partial charge in [0.2, 0.25) is 29.5 Å². The third-order valence-corrected chi connectivity index (χ3v) is 6.40. The Hall–Kier alpha value is -4.28. The molecule has 226 valence electrons. The van der Waals surface area contributed by atoms with Crippen molar-refractivity contribution in [3.63, 3.8) is 0 Å². The highest BCUT2D eigenvalue weighted by Crippen LogP contribution is 2.19. The Bertz CT molecular complexity index is 1110. The summed E-state index contributed by atoms with van der Waals surface area (Å²) >= 11 is 0. The normalized spacial score (nSPS) is 17.5. The fraction of sp³-hybridized carbons (Fsp3) is 0.520. The molecule has 0 spiro atoms. The minimum absolute atomic E-state index is 0.0344. The van der Waals surface area contributed by atoms with E-state index in [4.69, 9.17) is 10.8 Å². The molecule has 2 rings (SSSR count). The summed E-state index contributed by atoms with van der Waals surface area (Å²) < 4.78 is 0. The predicted molar refractivity (Wildman–Crippen MR) is 141 cm³/mol. The van der Waals surface area contributed by atoms with Gasteiger partial charge >= 0.3 is 5.97 Å². The first-order valence-electron chi connectivity index (χ1n) is 12.8. The second-order valence-electron chi connectivity index (χ2n) is 9.44. The molecule has 1 heterocycles. The lowest BCUT2D eigenvalue weighted by Crippen LogP contribution is -2.58. The number of aliphatic carboxylic acids is 1. The Morgan fingerprint density at radius 2 is 1.54 bits per heavy atom. The van der Waals surface area contributed by atoms with E-state index in [1.54, 1.807) is 0 Å². The van der Waals surface area contributed by atoms with Crippen LogP contribution in [-0.2, 0) is 35.2 Å². The van der Waals surface area contributed by atoms with Gasteiger partial charge in [0, 0.05) is 13.0 Å². The van der Waals surface area contributed by atoms with Gasteiger partial charge in [0.05, 0.1) is 19.8 Å². The lowest BCUT2D eigenvalue weighted by atomic mass is 10.0. The molecule has 41 heavy (non-hydrogen) atoms. The molecular formula is C25H36N6O10. The number of carboxylic acids is 1. The van der Waals surface area contributed by atoms with Gasteiger partial charge in [-0.2, -0.15) is 0 Å². The number of hydrogen-bond acceptors (Lipinski definition) is 10. The van der Waals surface area contributed by atoms with Crippen molar-refractivity contribution in [3.8, 4) is 5.75 Å². The molecule has 0 aliphatic carbocycles. The van der Waals surface area contributed by atoms with Gasteiger partial charge in [-0.1, -0.05) is 12.1 Å². The smallest absolute Gasteiger partial charge is 0.328 e. The average Bonchev–Trinajstić information content (AvgIpc) is 3.44. The molecular weight excluding hydrogens is 544 g/mol. The Morgan fingerprint density at radius 1 is 0.927 bits per heavy atom. The molecule has 1 aromatic rings. The Labute approximate surface area is 235 Å². The van der Waals surface area contributed by atoms with E-state index in [1.165, 1.54) is 36.1 Å². The number of nitrogens with two attached hydrogens (primary N) is 1. The van der Waals surface area contributed by atoms with E-state index in [2.05, 4.69) is 21.3 Å². The fourth-order valence-corrected chi connectivity index (χ4v) is 4.15. The average molecular weight is 581 g/mol. The minimum atomic E-state index is -1.62. The van der Waals surface area contributed by atoms with Crippen molar-refractivity contribution in [1.29, 1.82) is 0 Å². The number of aliphatic hydroxyl groups excluding tert-OH is 2. The number of amides is 5. The molecule has 1 aliphatic rings. The van der Waals surface area contributed by atoms with Crippen LogP contribution in [0.4, 0.5) is 0 Å². The number of rotatable bonds is 14. The number of phenolic OH excluding ortho intramolecular Hbond substituents is 1. The SMILES string of the molecule is C[C@H](NC(=O)[C@@H]1CCCN1C(=O)[C@H](CO)NC(=O)CN)C(=O)N[C@@H](Cc1ccc(O)cc1)C(=O)N[C@@H](CO)C(=O)O. The van der Waals surface area contributed by atoms with E-state index in [0.717, 1.165) is 0 Å². The third-order valence-electron chi connectivity index (χ3n) is 6.40. The molecule has 1 fully saturated rings. The molecule has 0 saturated carbocycles. The molecule has 0 bridgehead atoms. The summed E-state index contributed by atoms with van der Waals surface area (Å²) in [4.78, 5) is 75.8. The number of carboxylic acid groups (broad SMARTS) is 1. The van der Waals surface area contributed by atoms with Gasteiger partial charge in [0.15, 0.2) is 0 Å². The number of likely N-dealkylation sites (tertiary alicyclic amines) is 1. The van der Waals surface area contributed by atoms with Gasteiger partial charge in [-0.15, -0.1) is 0 Å². The highest BCUT2D eigenvalue weighted by atomic mass is 16.4. The quantitative estimate of drug-likeness (QED) is 0.102. The molecule has 1 aliphatic heterocycles. The molecule has 1 saturated heterocycles. The number of benzene rings is 1. The first-order chi connectivity index (χ1) is 19.4. The van der Waals surface area contributed by atoms with E-state index in [0.29, 0.717) is 12.0 Å². The molecule has 0 aromatic heterocycles. The van der Waals surface area contributed by atoms with Crippen LogP contribution in [0.3, 0.4) is 0 Å². The molecule has 1 aromatic carbocycles. The Balaban J connectivity index is 2.11. The molecule has 5 amide bonds. The number of carbonyl (C=O) groups is 6. The largest absolute Gasteiger partial charge is 0.508 e. The molecule has 0 radical (unpaired) electrons. The zero-order valence-electron chi connectivity index (χ0n) is 22.4. The van der Waals surface area contributed by atoms with Gasteiger partial charge < -0.3 is 52.3 Å². The van der Waals surface area contributed by atoms with Gasteiger partial charge in [0.1, 0.15) is 36.0 Å². The van der Waals surface area contributed by atoms with Crippen LogP contribution in [-0.4, -0.2) is 117 Å². The summed E-state index contributed by atoms with van der Waals surface area (Å²) in [6.45, 7) is -0.482. The van der Waals surface area contributed by atoms with Crippen molar-refractivity contribution < 1.29 is 49.2 Å². The van der Waals surface area contributed by atoms with Crippen molar-refractivity contribution >= 4 is 35.5 Å². The van der Waals surface area contributed by atoms with Crippen LogP contribution in [0.15, 0.2) is 24.3 Å². The van der Waals surface area contributed by atoms with Crippen molar-refractivity contribution in [1.82, 2.24) is 26.2 Å². The van der Waals surface area contributed by atoms with Crippen molar-refractivity contribution in [2.45, 2.75) is 56.4 Å². The molecule has 10 N–H and O–H groups in total. The third kappa shape index (κ3) is 9.40. The maximum atomic E-state index is 13.0. The first-order valence-corrected chi connectivity index (χ1v) is 12.8. The summed E-state index contributed by atoms with van der Waals surface area (Å²) in [5.41, 5.74) is 5.75. The van der Waals surface area contributed by atoms with Crippen LogP contribution in [0.25, 0.3) is 0 Å². The van der Waals surface area contributed by atoms with Crippen LogP contribution in [0, 0.1) is 0 Å². The standard InChI is InChI=1S/C25H36N6O10/c1-13(27-23(38)19-3-2-8-31(19)24(39)17(11-32)28-20(35)10-26)21(36)29-16(9-14-4-6-15(34)7-5-14)22(37)30-18(12-33)25(40)41/h4-7,13,16-19,32-34H,2-3,8-12,26H2,1H3,(H,27,38)(H,28,35)(H,29,36)(H,30,37)(H,40,41)/t13-,16-,17-,18-,19-/m0/s1. The van der Waals surface area contributed by atoms with Crippen LogP contribution in [0.1, 0.15) is 25.3 Å². The molecule has 0 unspecified atom stereocenters. The molecule has 16 heteroatoms. The summed E-state index contributed by atoms with van der Waals surface area (Å²) in [5, 5.41) is 46.8. The highest BCUT2D eigenvalue weighted by Gasteiger charge is 2.38. The van der Waals surface area contributed by atoms with Crippen molar-refractivity contribution in [2.75, 3.05) is 26.3 Å². The van der Waals surface area contributed by atoms with Gasteiger partial charge in [-0.3, -0.25) is 24.0 Å². The monoisotopic (exact) mass is 580 g/mol.